The van der Waals surface area contributed by atoms with E-state index in [1.54, 1.807) is 18.3 Å². The van der Waals surface area contributed by atoms with Gasteiger partial charge in [0.25, 0.3) is 0 Å². The normalized spacial score (nSPS) is 14.8. The van der Waals surface area contributed by atoms with Gasteiger partial charge >= 0.3 is 0 Å². The van der Waals surface area contributed by atoms with Crippen LogP contribution in [0.3, 0.4) is 0 Å². The van der Waals surface area contributed by atoms with Gasteiger partial charge in [-0.3, -0.25) is 4.98 Å². The van der Waals surface area contributed by atoms with Crippen LogP contribution in [-0.4, -0.2) is 15.0 Å². The summed E-state index contributed by atoms with van der Waals surface area (Å²) in [6.07, 6.45) is 4.00. The first kappa shape index (κ1) is 12.6. The molecule has 0 atom stereocenters. The van der Waals surface area contributed by atoms with Crippen LogP contribution in [0.1, 0.15) is 24.5 Å². The van der Waals surface area contributed by atoms with Crippen LogP contribution in [0, 0.1) is 3.57 Å². The van der Waals surface area contributed by atoms with E-state index >= 15 is 0 Å². The molecule has 0 amide bonds. The molecule has 6 heteroatoms. The summed E-state index contributed by atoms with van der Waals surface area (Å²) in [5.74, 6) is 1.02. The average molecular weight is 392 g/mol. The molecule has 0 bridgehead atoms. The lowest BCUT2D eigenvalue weighted by molar-refractivity contribution is 0.972. The monoisotopic (exact) mass is 391 g/mol. The lowest BCUT2D eigenvalue weighted by Crippen LogP contribution is -2.00. The zero-order chi connectivity index (χ0) is 12.7. The minimum Gasteiger partial charge on any atom is -0.251 e. The van der Waals surface area contributed by atoms with Crippen LogP contribution in [0.15, 0.2) is 18.3 Å². The number of rotatable bonds is 2. The molecule has 0 unspecified atom stereocenters. The smallest absolute Gasteiger partial charge is 0.181 e. The first-order valence-corrected chi connectivity index (χ1v) is 7.34. The lowest BCUT2D eigenvalue weighted by atomic mass is 10.2. The van der Waals surface area contributed by atoms with Gasteiger partial charge in [-0.15, -0.1) is 0 Å². The van der Waals surface area contributed by atoms with Gasteiger partial charge in [0.05, 0.1) is 14.3 Å². The second kappa shape index (κ2) is 4.90. The predicted molar refractivity (Wildman–Crippen MR) is 80.0 cm³/mol. The highest BCUT2D eigenvalue weighted by Crippen LogP contribution is 2.42. The molecule has 3 nitrogen and oxygen atoms in total. The second-order valence-corrected chi connectivity index (χ2v) is 5.99. The Morgan fingerprint density at radius 3 is 2.67 bits per heavy atom. The molecule has 0 aromatic carbocycles. The molecule has 0 saturated heterocycles. The topological polar surface area (TPSA) is 38.7 Å². The number of aromatic nitrogens is 3. The standard InChI is InChI=1S/C12H8Cl2IN3/c13-7-2-1-5-16-10(7)12-17-9(6-3-4-6)8(15)11(14)18-12/h1-2,5-6H,3-4H2. The van der Waals surface area contributed by atoms with Gasteiger partial charge in [0.15, 0.2) is 5.82 Å². The average Bonchev–Trinajstić information content (AvgIpc) is 3.17. The van der Waals surface area contributed by atoms with Gasteiger partial charge in [0, 0.05) is 12.1 Å². The van der Waals surface area contributed by atoms with E-state index in [1.165, 1.54) is 12.8 Å². The summed E-state index contributed by atoms with van der Waals surface area (Å²) in [5, 5.41) is 1.01. The van der Waals surface area contributed by atoms with Gasteiger partial charge in [0.1, 0.15) is 10.8 Å². The molecule has 92 valence electrons. The van der Waals surface area contributed by atoms with E-state index in [9.17, 15) is 0 Å². The number of pyridine rings is 1. The van der Waals surface area contributed by atoms with Gasteiger partial charge in [-0.05, 0) is 47.6 Å². The van der Waals surface area contributed by atoms with Crippen LogP contribution in [-0.2, 0) is 0 Å². The van der Waals surface area contributed by atoms with Gasteiger partial charge in [-0.2, -0.15) is 0 Å². The van der Waals surface area contributed by atoms with E-state index in [-0.39, 0.29) is 0 Å². The van der Waals surface area contributed by atoms with Crippen LogP contribution < -0.4 is 0 Å². The molecule has 2 aromatic rings. The number of halogens is 3. The van der Waals surface area contributed by atoms with Gasteiger partial charge in [-0.25, -0.2) is 9.97 Å². The molecule has 1 aliphatic rings. The molecule has 0 aliphatic heterocycles. The molecule has 3 rings (SSSR count). The fourth-order valence-electron chi connectivity index (χ4n) is 1.72. The molecule has 1 fully saturated rings. The maximum absolute atomic E-state index is 6.16. The minimum atomic E-state index is 0.476. The van der Waals surface area contributed by atoms with E-state index in [1.807, 2.05) is 0 Å². The minimum absolute atomic E-state index is 0.476. The van der Waals surface area contributed by atoms with Crippen molar-refractivity contribution in [3.63, 3.8) is 0 Å². The summed E-state index contributed by atoms with van der Waals surface area (Å²) in [4.78, 5) is 13.1. The van der Waals surface area contributed by atoms with E-state index in [4.69, 9.17) is 23.2 Å². The Hall–Kier alpha value is -0.460. The fourth-order valence-corrected chi connectivity index (χ4v) is 2.78. The molecule has 1 aliphatic carbocycles. The third kappa shape index (κ3) is 2.33. The first-order chi connectivity index (χ1) is 8.66. The molecule has 18 heavy (non-hydrogen) atoms. The van der Waals surface area contributed by atoms with Crippen LogP contribution in [0.25, 0.3) is 11.5 Å². The van der Waals surface area contributed by atoms with Crippen LogP contribution >= 0.6 is 45.8 Å². The zero-order valence-corrected chi connectivity index (χ0v) is 12.9. The Morgan fingerprint density at radius 2 is 2.00 bits per heavy atom. The molecule has 0 N–H and O–H groups in total. The van der Waals surface area contributed by atoms with Crippen molar-refractivity contribution in [2.45, 2.75) is 18.8 Å². The maximum Gasteiger partial charge on any atom is 0.181 e. The second-order valence-electron chi connectivity index (χ2n) is 4.15. The van der Waals surface area contributed by atoms with Crippen LogP contribution in [0.2, 0.25) is 10.2 Å². The van der Waals surface area contributed by atoms with E-state index in [0.29, 0.717) is 27.6 Å². The van der Waals surface area contributed by atoms with Crippen LogP contribution in [0.5, 0.6) is 0 Å². The van der Waals surface area contributed by atoms with Crippen molar-refractivity contribution >= 4 is 45.8 Å². The third-order valence-corrected chi connectivity index (χ3v) is 4.73. The van der Waals surface area contributed by atoms with E-state index in [2.05, 4.69) is 37.5 Å². The van der Waals surface area contributed by atoms with Gasteiger partial charge < -0.3 is 0 Å². The summed E-state index contributed by atoms with van der Waals surface area (Å²) < 4.78 is 0.938. The summed E-state index contributed by atoms with van der Waals surface area (Å²) in [6.45, 7) is 0. The highest BCUT2D eigenvalue weighted by atomic mass is 127. The van der Waals surface area contributed by atoms with Crippen molar-refractivity contribution in [3.05, 3.63) is 37.8 Å². The molecular formula is C12H8Cl2IN3. The Balaban J connectivity index is 2.16. The highest BCUT2D eigenvalue weighted by Gasteiger charge is 2.29. The van der Waals surface area contributed by atoms with Crippen molar-refractivity contribution in [2.75, 3.05) is 0 Å². The Morgan fingerprint density at radius 1 is 1.22 bits per heavy atom. The van der Waals surface area contributed by atoms with Crippen molar-refractivity contribution < 1.29 is 0 Å². The maximum atomic E-state index is 6.16. The number of hydrogen-bond donors (Lipinski definition) is 0. The van der Waals surface area contributed by atoms with Crippen molar-refractivity contribution in [2.24, 2.45) is 0 Å². The fraction of sp³-hybridized carbons (Fsp3) is 0.250. The Labute approximate surface area is 128 Å². The molecule has 1 saturated carbocycles. The van der Waals surface area contributed by atoms with Gasteiger partial charge in [-0.1, -0.05) is 23.2 Å². The van der Waals surface area contributed by atoms with E-state index < -0.39 is 0 Å². The van der Waals surface area contributed by atoms with E-state index in [0.717, 1.165) is 9.26 Å². The largest absolute Gasteiger partial charge is 0.251 e. The highest BCUT2D eigenvalue weighted by molar-refractivity contribution is 14.1. The quantitative estimate of drug-likeness (QED) is 0.565. The molecule has 0 radical (unpaired) electrons. The predicted octanol–water partition coefficient (Wildman–Crippen LogP) is 4.33. The molecular weight excluding hydrogens is 384 g/mol. The zero-order valence-electron chi connectivity index (χ0n) is 9.20. The lowest BCUT2D eigenvalue weighted by Gasteiger charge is -2.07. The molecule has 2 heterocycles. The van der Waals surface area contributed by atoms with Crippen molar-refractivity contribution in [1.29, 1.82) is 0 Å². The number of nitrogens with zero attached hydrogens (tertiary/aromatic N) is 3. The Kier molecular flexibility index (Phi) is 3.42. The van der Waals surface area contributed by atoms with Crippen molar-refractivity contribution in [1.82, 2.24) is 15.0 Å². The van der Waals surface area contributed by atoms with Crippen molar-refractivity contribution in [3.8, 4) is 11.5 Å². The Bertz CT molecular complexity index is 614. The van der Waals surface area contributed by atoms with Gasteiger partial charge in [0.2, 0.25) is 0 Å². The summed E-state index contributed by atoms with van der Waals surface area (Å²) in [7, 11) is 0. The number of hydrogen-bond acceptors (Lipinski definition) is 3. The molecule has 0 spiro atoms. The molecule has 2 aromatic heterocycles. The summed E-state index contributed by atoms with van der Waals surface area (Å²) in [6, 6.07) is 3.55. The third-order valence-electron chi connectivity index (χ3n) is 2.77. The first-order valence-electron chi connectivity index (χ1n) is 5.50. The summed E-state index contributed by atoms with van der Waals surface area (Å²) >= 11 is 14.5. The van der Waals surface area contributed by atoms with Crippen LogP contribution in [0.4, 0.5) is 0 Å². The SMILES string of the molecule is Clc1cccnc1-c1nc(Cl)c(I)c(C2CC2)n1. The summed E-state index contributed by atoms with van der Waals surface area (Å²) in [5.41, 5.74) is 1.60.